The van der Waals surface area contributed by atoms with Crippen molar-refractivity contribution < 1.29 is 4.39 Å². The fourth-order valence-corrected chi connectivity index (χ4v) is 2.78. The molecule has 88 valence electrons. The van der Waals surface area contributed by atoms with E-state index < -0.39 is 0 Å². The minimum atomic E-state index is -0.0982. The van der Waals surface area contributed by atoms with Crippen molar-refractivity contribution >= 4 is 16.9 Å². The summed E-state index contributed by atoms with van der Waals surface area (Å²) in [5, 5.41) is -0.0982. The zero-order chi connectivity index (χ0) is 12.3. The summed E-state index contributed by atoms with van der Waals surface area (Å²) in [4.78, 5) is 1.06. The standard InChI is InChI=1S/C14H19FS/c1-6-7-10(4)14(9(2)3)12-8-13(15)16-11(12)5/h6-9H,1-5H3/b7-6-,14-10+. The van der Waals surface area contributed by atoms with E-state index in [9.17, 15) is 4.39 Å². The van der Waals surface area contributed by atoms with Gasteiger partial charge in [-0.15, -0.1) is 11.3 Å². The molecule has 0 amide bonds. The van der Waals surface area contributed by atoms with E-state index in [0.717, 1.165) is 10.4 Å². The van der Waals surface area contributed by atoms with Gasteiger partial charge in [0.25, 0.3) is 0 Å². The second-order valence-corrected chi connectivity index (χ2v) is 5.48. The molecular formula is C14H19FS. The van der Waals surface area contributed by atoms with Crippen LogP contribution in [0.1, 0.15) is 38.1 Å². The Bertz CT molecular complexity index is 422. The Morgan fingerprint density at radius 3 is 2.44 bits per heavy atom. The maximum atomic E-state index is 13.2. The third-order valence-corrected chi connectivity index (χ3v) is 3.44. The van der Waals surface area contributed by atoms with E-state index >= 15 is 0 Å². The SMILES string of the molecule is C/C=C\C(C)=C(\c1cc(F)sc1C)C(C)C. The van der Waals surface area contributed by atoms with Crippen molar-refractivity contribution in [2.75, 3.05) is 0 Å². The smallest absolute Gasteiger partial charge is 0.177 e. The molecule has 0 nitrogen and oxygen atoms in total. The molecule has 0 spiro atoms. The molecule has 2 heteroatoms. The molecule has 1 rings (SSSR count). The molecular weight excluding hydrogens is 219 g/mol. The Balaban J connectivity index is 3.34. The van der Waals surface area contributed by atoms with E-state index in [0.29, 0.717) is 5.92 Å². The van der Waals surface area contributed by atoms with Crippen LogP contribution in [0.4, 0.5) is 4.39 Å². The second-order valence-electron chi connectivity index (χ2n) is 4.27. The first-order valence-corrected chi connectivity index (χ1v) is 6.38. The molecule has 0 atom stereocenters. The van der Waals surface area contributed by atoms with Crippen LogP contribution >= 0.6 is 11.3 Å². The summed E-state index contributed by atoms with van der Waals surface area (Å²) in [5.41, 5.74) is 3.53. The molecule has 0 aliphatic rings. The van der Waals surface area contributed by atoms with Gasteiger partial charge in [-0.05, 0) is 49.5 Å². The van der Waals surface area contributed by atoms with Gasteiger partial charge in [-0.3, -0.25) is 0 Å². The predicted octanol–water partition coefficient (Wildman–Crippen LogP) is 5.20. The van der Waals surface area contributed by atoms with Gasteiger partial charge in [0.15, 0.2) is 5.13 Å². The van der Waals surface area contributed by atoms with E-state index in [1.807, 2.05) is 19.9 Å². The van der Waals surface area contributed by atoms with E-state index in [1.54, 1.807) is 6.07 Å². The van der Waals surface area contributed by atoms with Crippen LogP contribution in [0, 0.1) is 18.0 Å². The van der Waals surface area contributed by atoms with Crippen LogP contribution in [0.15, 0.2) is 23.8 Å². The molecule has 0 aliphatic heterocycles. The number of halogens is 1. The van der Waals surface area contributed by atoms with Gasteiger partial charge in [-0.1, -0.05) is 26.0 Å². The molecule has 0 bridgehead atoms. The summed E-state index contributed by atoms with van der Waals surface area (Å²) in [6.07, 6.45) is 4.11. The molecule has 0 unspecified atom stereocenters. The second kappa shape index (κ2) is 5.44. The van der Waals surface area contributed by atoms with Crippen LogP contribution < -0.4 is 0 Å². The van der Waals surface area contributed by atoms with Crippen LogP contribution in [0.3, 0.4) is 0 Å². The third kappa shape index (κ3) is 2.82. The normalized spacial score (nSPS) is 13.7. The summed E-state index contributed by atoms with van der Waals surface area (Å²) < 4.78 is 13.2. The lowest BCUT2D eigenvalue weighted by Gasteiger charge is -2.14. The van der Waals surface area contributed by atoms with Crippen molar-refractivity contribution in [2.45, 2.75) is 34.6 Å². The quantitative estimate of drug-likeness (QED) is 0.635. The molecule has 0 saturated heterocycles. The largest absolute Gasteiger partial charge is 0.195 e. The van der Waals surface area contributed by atoms with Crippen molar-refractivity contribution in [2.24, 2.45) is 5.92 Å². The number of hydrogen-bond acceptors (Lipinski definition) is 1. The molecule has 0 fully saturated rings. The van der Waals surface area contributed by atoms with Crippen LogP contribution in [-0.4, -0.2) is 0 Å². The number of allylic oxidation sites excluding steroid dienone is 4. The number of rotatable bonds is 3. The first kappa shape index (κ1) is 13.2. The summed E-state index contributed by atoms with van der Waals surface area (Å²) in [6.45, 7) is 10.4. The summed E-state index contributed by atoms with van der Waals surface area (Å²) in [7, 11) is 0. The number of thiophene rings is 1. The first-order valence-electron chi connectivity index (χ1n) is 5.57. The van der Waals surface area contributed by atoms with Gasteiger partial charge in [0, 0.05) is 4.88 Å². The van der Waals surface area contributed by atoms with Crippen LogP contribution in [0.25, 0.3) is 5.57 Å². The number of aryl methyl sites for hydroxylation is 1. The molecule has 1 aromatic heterocycles. The van der Waals surface area contributed by atoms with Gasteiger partial charge in [-0.2, -0.15) is 4.39 Å². The number of hydrogen-bond donors (Lipinski definition) is 0. The Labute approximate surface area is 102 Å². The van der Waals surface area contributed by atoms with Crippen LogP contribution in [0.5, 0.6) is 0 Å². The maximum Gasteiger partial charge on any atom is 0.177 e. The minimum Gasteiger partial charge on any atom is -0.195 e. The lowest BCUT2D eigenvalue weighted by molar-refractivity contribution is 0.657. The van der Waals surface area contributed by atoms with Crippen molar-refractivity contribution in [1.82, 2.24) is 0 Å². The van der Waals surface area contributed by atoms with Crippen molar-refractivity contribution in [3.63, 3.8) is 0 Å². The molecule has 0 aromatic carbocycles. The van der Waals surface area contributed by atoms with E-state index in [1.165, 1.54) is 22.5 Å². The minimum absolute atomic E-state index is 0.0982. The third-order valence-electron chi connectivity index (χ3n) is 2.60. The molecule has 16 heavy (non-hydrogen) atoms. The van der Waals surface area contributed by atoms with Crippen molar-refractivity contribution in [1.29, 1.82) is 0 Å². The highest BCUT2D eigenvalue weighted by molar-refractivity contribution is 7.10. The Hall–Kier alpha value is -0.890. The van der Waals surface area contributed by atoms with Gasteiger partial charge in [0.1, 0.15) is 0 Å². The molecule has 1 heterocycles. The molecule has 0 N–H and O–H groups in total. The highest BCUT2D eigenvalue weighted by Crippen LogP contribution is 2.33. The average Bonchev–Trinajstić information content (AvgIpc) is 2.45. The summed E-state index contributed by atoms with van der Waals surface area (Å²) in [6, 6.07) is 1.66. The highest BCUT2D eigenvalue weighted by Gasteiger charge is 2.14. The Morgan fingerprint density at radius 2 is 2.06 bits per heavy atom. The fraction of sp³-hybridized carbons (Fsp3) is 0.429. The van der Waals surface area contributed by atoms with Crippen LogP contribution in [-0.2, 0) is 0 Å². The topological polar surface area (TPSA) is 0 Å². The molecule has 0 radical (unpaired) electrons. The molecule has 1 aromatic rings. The monoisotopic (exact) mass is 238 g/mol. The predicted molar refractivity (Wildman–Crippen MR) is 71.3 cm³/mol. The van der Waals surface area contributed by atoms with Gasteiger partial charge in [0.2, 0.25) is 0 Å². The van der Waals surface area contributed by atoms with Crippen molar-refractivity contribution in [3.8, 4) is 0 Å². The summed E-state index contributed by atoms with van der Waals surface area (Å²) in [5.74, 6) is 0.406. The van der Waals surface area contributed by atoms with Gasteiger partial charge in [0.05, 0.1) is 0 Å². The summed E-state index contributed by atoms with van der Waals surface area (Å²) >= 11 is 1.23. The lowest BCUT2D eigenvalue weighted by atomic mass is 9.91. The van der Waals surface area contributed by atoms with Crippen LogP contribution in [0.2, 0.25) is 0 Å². The molecule has 0 saturated carbocycles. The molecule has 0 aliphatic carbocycles. The maximum absolute atomic E-state index is 13.2. The average molecular weight is 238 g/mol. The Morgan fingerprint density at radius 1 is 1.44 bits per heavy atom. The zero-order valence-electron chi connectivity index (χ0n) is 10.6. The fourth-order valence-electron chi connectivity index (χ4n) is 2.03. The van der Waals surface area contributed by atoms with Gasteiger partial charge >= 0.3 is 0 Å². The van der Waals surface area contributed by atoms with E-state index in [4.69, 9.17) is 0 Å². The first-order chi connectivity index (χ1) is 7.47. The van der Waals surface area contributed by atoms with E-state index in [2.05, 4.69) is 26.8 Å². The highest BCUT2D eigenvalue weighted by atomic mass is 32.1. The van der Waals surface area contributed by atoms with Gasteiger partial charge in [-0.25, -0.2) is 0 Å². The lowest BCUT2D eigenvalue weighted by Crippen LogP contribution is -1.96. The zero-order valence-corrected chi connectivity index (χ0v) is 11.4. The Kier molecular flexibility index (Phi) is 4.48. The van der Waals surface area contributed by atoms with Gasteiger partial charge < -0.3 is 0 Å². The van der Waals surface area contributed by atoms with Crippen molar-refractivity contribution in [3.05, 3.63) is 39.4 Å². The van der Waals surface area contributed by atoms with E-state index in [-0.39, 0.29) is 5.13 Å².